The monoisotopic (exact) mass is 414 g/mol. The van der Waals surface area contributed by atoms with Gasteiger partial charge in [0.2, 0.25) is 10.0 Å². The molecule has 28 heavy (non-hydrogen) atoms. The summed E-state index contributed by atoms with van der Waals surface area (Å²) >= 11 is 1.41. The lowest BCUT2D eigenvalue weighted by Crippen LogP contribution is -2.30. The third-order valence-corrected chi connectivity index (χ3v) is 6.81. The quantitative estimate of drug-likeness (QED) is 0.345. The number of hydrogen-bond acceptors (Lipinski definition) is 4. The van der Waals surface area contributed by atoms with E-state index in [-0.39, 0.29) is 10.9 Å². The van der Waals surface area contributed by atoms with Crippen LogP contribution in [-0.2, 0) is 10.0 Å². The molecule has 1 aromatic heterocycles. The molecule has 3 rings (SSSR count). The first-order valence-corrected chi connectivity index (χ1v) is 11.4. The van der Waals surface area contributed by atoms with E-state index >= 15 is 0 Å². The average molecular weight is 415 g/mol. The van der Waals surface area contributed by atoms with E-state index in [0.717, 1.165) is 15.9 Å². The molecule has 0 aliphatic rings. The molecular formula is C21H22N2O3S2. The van der Waals surface area contributed by atoms with Gasteiger partial charge in [-0.15, -0.1) is 0 Å². The highest BCUT2D eigenvalue weighted by atomic mass is 32.2. The first-order chi connectivity index (χ1) is 13.5. The third kappa shape index (κ3) is 5.34. The molecule has 1 N–H and O–H groups in total. The van der Waals surface area contributed by atoms with E-state index in [1.54, 1.807) is 36.4 Å². The molecule has 3 aromatic rings. The summed E-state index contributed by atoms with van der Waals surface area (Å²) in [6.07, 6.45) is 2.01. The van der Waals surface area contributed by atoms with Crippen molar-refractivity contribution in [2.45, 2.75) is 29.3 Å². The van der Waals surface area contributed by atoms with Gasteiger partial charge in [-0.25, -0.2) is 13.1 Å². The lowest BCUT2D eigenvalue weighted by atomic mass is 10.1. The topological polar surface area (TPSA) is 73.1 Å². The van der Waals surface area contributed by atoms with Gasteiger partial charge in [0.15, 0.2) is 6.20 Å². The predicted molar refractivity (Wildman–Crippen MR) is 111 cm³/mol. The number of benzene rings is 2. The Morgan fingerprint density at radius 3 is 2.36 bits per heavy atom. The lowest BCUT2D eigenvalue weighted by molar-refractivity contribution is -0.645. The van der Waals surface area contributed by atoms with E-state index in [9.17, 15) is 13.6 Å². The minimum atomic E-state index is -3.65. The number of nitrogens with one attached hydrogen (secondary N) is 1. The summed E-state index contributed by atoms with van der Waals surface area (Å²) in [7, 11) is -3.65. The second-order valence-corrected chi connectivity index (χ2v) is 9.23. The minimum Gasteiger partial charge on any atom is -0.618 e. The standard InChI is InChI=1S/C21H22N2O3S2/c1-17-10-12-19(13-11-17)28(25,26)22-20(18-7-3-2-4-8-18)14-16-27-21-9-5-6-15-23(21)24/h2-13,15,20,22H,14,16H2,1H3. The van der Waals surface area contributed by atoms with Gasteiger partial charge in [0, 0.05) is 23.9 Å². The van der Waals surface area contributed by atoms with Crippen molar-refractivity contribution in [1.29, 1.82) is 0 Å². The second kappa shape index (κ2) is 9.23. The van der Waals surface area contributed by atoms with Crippen molar-refractivity contribution < 1.29 is 13.1 Å². The van der Waals surface area contributed by atoms with Crippen LogP contribution in [0, 0.1) is 12.1 Å². The number of hydrogen-bond donors (Lipinski definition) is 1. The van der Waals surface area contributed by atoms with Crippen molar-refractivity contribution in [2.75, 3.05) is 5.75 Å². The van der Waals surface area contributed by atoms with Gasteiger partial charge < -0.3 is 5.21 Å². The van der Waals surface area contributed by atoms with Gasteiger partial charge in [0.1, 0.15) is 0 Å². The van der Waals surface area contributed by atoms with Crippen LogP contribution in [0.1, 0.15) is 23.6 Å². The molecule has 2 aromatic carbocycles. The molecular weight excluding hydrogens is 392 g/mol. The van der Waals surface area contributed by atoms with Crippen LogP contribution in [0.3, 0.4) is 0 Å². The fourth-order valence-corrected chi connectivity index (χ4v) is 4.94. The van der Waals surface area contributed by atoms with Crippen LogP contribution in [0.5, 0.6) is 0 Å². The molecule has 0 radical (unpaired) electrons. The molecule has 0 amide bonds. The first-order valence-electron chi connectivity index (χ1n) is 8.91. The molecule has 1 atom stereocenters. The molecule has 1 unspecified atom stereocenters. The largest absolute Gasteiger partial charge is 0.618 e. The number of rotatable bonds is 8. The van der Waals surface area contributed by atoms with Gasteiger partial charge in [-0.05, 0) is 37.1 Å². The summed E-state index contributed by atoms with van der Waals surface area (Å²) in [4.78, 5) is 0.243. The number of pyridine rings is 1. The highest BCUT2D eigenvalue weighted by Gasteiger charge is 2.21. The van der Waals surface area contributed by atoms with Crippen LogP contribution in [0.15, 0.2) is 88.9 Å². The van der Waals surface area contributed by atoms with E-state index < -0.39 is 10.0 Å². The van der Waals surface area contributed by atoms with Crippen LogP contribution < -0.4 is 9.45 Å². The number of aromatic nitrogens is 1. The van der Waals surface area contributed by atoms with Gasteiger partial charge in [-0.1, -0.05) is 59.8 Å². The maximum atomic E-state index is 12.8. The normalized spacial score (nSPS) is 12.6. The molecule has 146 valence electrons. The molecule has 1 heterocycles. The molecule has 0 saturated heterocycles. The molecule has 0 aliphatic carbocycles. The second-order valence-electron chi connectivity index (χ2n) is 6.40. The Balaban J connectivity index is 1.76. The summed E-state index contributed by atoms with van der Waals surface area (Å²) in [6, 6.07) is 21.1. The number of thioether (sulfide) groups is 1. The van der Waals surface area contributed by atoms with Crippen LogP contribution in [0.25, 0.3) is 0 Å². The Morgan fingerprint density at radius 2 is 1.68 bits per heavy atom. The zero-order valence-corrected chi connectivity index (χ0v) is 17.1. The molecule has 0 aliphatic heterocycles. The summed E-state index contributed by atoms with van der Waals surface area (Å²) in [5, 5.41) is 12.4. The van der Waals surface area contributed by atoms with Crippen LogP contribution in [0.2, 0.25) is 0 Å². The van der Waals surface area contributed by atoms with Crippen molar-refractivity contribution >= 4 is 21.8 Å². The molecule has 5 nitrogen and oxygen atoms in total. The zero-order valence-electron chi connectivity index (χ0n) is 15.5. The fourth-order valence-electron chi connectivity index (χ4n) is 2.76. The summed E-state index contributed by atoms with van der Waals surface area (Å²) in [6.45, 7) is 1.92. The highest BCUT2D eigenvalue weighted by Crippen LogP contribution is 2.24. The van der Waals surface area contributed by atoms with Crippen LogP contribution in [0.4, 0.5) is 0 Å². The van der Waals surface area contributed by atoms with Gasteiger partial charge in [-0.3, -0.25) is 0 Å². The molecule has 0 bridgehead atoms. The number of sulfonamides is 1. The van der Waals surface area contributed by atoms with Crippen molar-refractivity contribution in [2.24, 2.45) is 0 Å². The molecule has 0 fully saturated rings. The van der Waals surface area contributed by atoms with Gasteiger partial charge in [0.25, 0.3) is 5.03 Å². The highest BCUT2D eigenvalue weighted by molar-refractivity contribution is 7.99. The third-order valence-electron chi connectivity index (χ3n) is 4.28. The van der Waals surface area contributed by atoms with Crippen LogP contribution in [-0.4, -0.2) is 14.2 Å². The smallest absolute Gasteiger partial charge is 0.251 e. The van der Waals surface area contributed by atoms with Crippen molar-refractivity contribution in [3.8, 4) is 0 Å². The Hall–Kier alpha value is -2.35. The van der Waals surface area contributed by atoms with Crippen molar-refractivity contribution in [3.63, 3.8) is 0 Å². The van der Waals surface area contributed by atoms with Gasteiger partial charge in [0.05, 0.1) is 4.90 Å². The number of nitrogens with zero attached hydrogens (tertiary/aromatic N) is 1. The van der Waals surface area contributed by atoms with E-state index in [2.05, 4.69) is 4.72 Å². The first kappa shape index (κ1) is 20.4. The molecule has 0 spiro atoms. The van der Waals surface area contributed by atoms with E-state index in [1.165, 1.54) is 18.0 Å². The van der Waals surface area contributed by atoms with E-state index in [4.69, 9.17) is 0 Å². The summed E-state index contributed by atoms with van der Waals surface area (Å²) in [5.41, 5.74) is 1.89. The van der Waals surface area contributed by atoms with Gasteiger partial charge in [-0.2, -0.15) is 4.73 Å². The lowest BCUT2D eigenvalue weighted by Gasteiger charge is -2.19. The Morgan fingerprint density at radius 1 is 1.00 bits per heavy atom. The maximum absolute atomic E-state index is 12.8. The van der Waals surface area contributed by atoms with Crippen molar-refractivity contribution in [1.82, 2.24) is 4.72 Å². The van der Waals surface area contributed by atoms with E-state index in [0.29, 0.717) is 17.2 Å². The predicted octanol–water partition coefficient (Wildman–Crippen LogP) is 3.83. The fraction of sp³-hybridized carbons (Fsp3) is 0.190. The molecule has 7 heteroatoms. The Kier molecular flexibility index (Phi) is 6.72. The van der Waals surface area contributed by atoms with Crippen molar-refractivity contribution in [3.05, 3.63) is 95.3 Å². The SMILES string of the molecule is Cc1ccc(S(=O)(=O)NC(CCSc2cccc[n+]2[O-])c2ccccc2)cc1. The number of aryl methyl sites for hydroxylation is 1. The maximum Gasteiger partial charge on any atom is 0.251 e. The summed E-state index contributed by atoms with van der Waals surface area (Å²) in [5.74, 6) is 0.599. The van der Waals surface area contributed by atoms with Crippen LogP contribution >= 0.6 is 11.8 Å². The summed E-state index contributed by atoms with van der Waals surface area (Å²) < 4.78 is 29.3. The molecule has 0 saturated carbocycles. The van der Waals surface area contributed by atoms with E-state index in [1.807, 2.05) is 43.3 Å². The zero-order chi connectivity index (χ0) is 20.0. The minimum absolute atomic E-state index is 0.243. The Bertz CT molecular complexity index is 1010. The Labute approximate surface area is 170 Å². The van der Waals surface area contributed by atoms with Gasteiger partial charge >= 0.3 is 0 Å². The average Bonchev–Trinajstić information content (AvgIpc) is 2.69.